The van der Waals surface area contributed by atoms with Crippen LogP contribution in [0.1, 0.15) is 57.9 Å². The van der Waals surface area contributed by atoms with Crippen molar-refractivity contribution >= 4 is 11.4 Å². The Bertz CT molecular complexity index is 522. The van der Waals surface area contributed by atoms with Gasteiger partial charge < -0.3 is 0 Å². The number of ketones is 1. The van der Waals surface area contributed by atoms with E-state index in [1.807, 2.05) is 30.3 Å². The zero-order chi connectivity index (χ0) is 15.1. The van der Waals surface area contributed by atoms with Crippen LogP contribution in [0.3, 0.4) is 0 Å². The Morgan fingerprint density at radius 1 is 1.14 bits per heavy atom. The summed E-state index contributed by atoms with van der Waals surface area (Å²) >= 11 is 0. The highest BCUT2D eigenvalue weighted by molar-refractivity contribution is 6.22. The average Bonchev–Trinajstić information content (AvgIpc) is 2.50. The summed E-state index contributed by atoms with van der Waals surface area (Å²) in [5.74, 6) is 0.632. The van der Waals surface area contributed by atoms with Crippen LogP contribution in [0.25, 0.3) is 5.57 Å². The number of unbranched alkanes of at least 4 members (excludes halogenated alkanes) is 4. The second kappa shape index (κ2) is 7.97. The van der Waals surface area contributed by atoms with Crippen LogP contribution in [0.5, 0.6) is 0 Å². The van der Waals surface area contributed by atoms with Crippen molar-refractivity contribution in [3.05, 3.63) is 53.6 Å². The SMILES string of the molecule is CCCCCC/C=C1/C=C(c2ccccc2)C(=O)CC1C. The first-order valence-corrected chi connectivity index (χ1v) is 8.22. The van der Waals surface area contributed by atoms with E-state index in [2.05, 4.69) is 26.0 Å². The van der Waals surface area contributed by atoms with Gasteiger partial charge in [0.2, 0.25) is 0 Å². The summed E-state index contributed by atoms with van der Waals surface area (Å²) in [5.41, 5.74) is 3.27. The Kier molecular flexibility index (Phi) is 5.98. The van der Waals surface area contributed by atoms with E-state index in [0.29, 0.717) is 12.3 Å². The van der Waals surface area contributed by atoms with E-state index in [1.165, 1.54) is 31.3 Å². The number of rotatable bonds is 6. The number of carbonyl (C=O) groups is 1. The van der Waals surface area contributed by atoms with Gasteiger partial charge in [0.25, 0.3) is 0 Å². The van der Waals surface area contributed by atoms with Gasteiger partial charge >= 0.3 is 0 Å². The zero-order valence-corrected chi connectivity index (χ0v) is 13.3. The van der Waals surface area contributed by atoms with E-state index >= 15 is 0 Å². The van der Waals surface area contributed by atoms with Crippen molar-refractivity contribution in [3.63, 3.8) is 0 Å². The highest BCUT2D eigenvalue weighted by atomic mass is 16.1. The molecule has 1 atom stereocenters. The van der Waals surface area contributed by atoms with Gasteiger partial charge in [-0.3, -0.25) is 4.79 Å². The molecular formula is C20H26O. The third kappa shape index (κ3) is 4.42. The molecule has 1 aliphatic rings. The number of hydrogen-bond acceptors (Lipinski definition) is 1. The minimum absolute atomic E-state index is 0.275. The maximum absolute atomic E-state index is 12.3. The van der Waals surface area contributed by atoms with Crippen molar-refractivity contribution in [1.82, 2.24) is 0 Å². The van der Waals surface area contributed by atoms with Crippen molar-refractivity contribution < 1.29 is 4.79 Å². The second-order valence-corrected chi connectivity index (χ2v) is 6.01. The third-order valence-corrected chi connectivity index (χ3v) is 4.19. The molecule has 0 aromatic heterocycles. The standard InChI is InChI=1S/C20H26O/c1-3-4-5-6-8-13-18-15-19(20(21)14-16(18)2)17-11-9-7-10-12-17/h7,9-13,15-16H,3-6,8,14H2,1-2H3/b18-13-. The molecule has 1 aromatic rings. The summed E-state index contributed by atoms with van der Waals surface area (Å²) in [6.45, 7) is 4.40. The summed E-state index contributed by atoms with van der Waals surface area (Å²) in [5, 5.41) is 0. The summed E-state index contributed by atoms with van der Waals surface area (Å²) in [6.07, 6.45) is 11.4. The summed E-state index contributed by atoms with van der Waals surface area (Å²) < 4.78 is 0. The van der Waals surface area contributed by atoms with E-state index in [4.69, 9.17) is 0 Å². The van der Waals surface area contributed by atoms with Crippen molar-refractivity contribution in [3.8, 4) is 0 Å². The maximum atomic E-state index is 12.3. The summed E-state index contributed by atoms with van der Waals surface area (Å²) in [6, 6.07) is 10.0. The largest absolute Gasteiger partial charge is 0.294 e. The topological polar surface area (TPSA) is 17.1 Å². The van der Waals surface area contributed by atoms with Gasteiger partial charge in [-0.05, 0) is 36.0 Å². The van der Waals surface area contributed by atoms with Crippen LogP contribution in [0, 0.1) is 5.92 Å². The lowest BCUT2D eigenvalue weighted by Crippen LogP contribution is -2.15. The fraction of sp³-hybridized carbons (Fsp3) is 0.450. The molecule has 0 spiro atoms. The molecule has 1 heteroatoms. The number of benzene rings is 1. The first kappa shape index (κ1) is 15.8. The van der Waals surface area contributed by atoms with Crippen LogP contribution in [0.2, 0.25) is 0 Å². The minimum atomic E-state index is 0.275. The van der Waals surface area contributed by atoms with Crippen LogP contribution in [0.15, 0.2) is 48.1 Å². The molecule has 0 amide bonds. The molecule has 1 nitrogen and oxygen atoms in total. The van der Waals surface area contributed by atoms with Gasteiger partial charge in [0.1, 0.15) is 0 Å². The highest BCUT2D eigenvalue weighted by Gasteiger charge is 2.22. The van der Waals surface area contributed by atoms with E-state index in [0.717, 1.165) is 17.6 Å². The van der Waals surface area contributed by atoms with Gasteiger partial charge in [0, 0.05) is 12.0 Å². The Balaban J connectivity index is 2.11. The first-order valence-electron chi connectivity index (χ1n) is 8.22. The van der Waals surface area contributed by atoms with Crippen LogP contribution >= 0.6 is 0 Å². The molecule has 0 saturated heterocycles. The molecule has 0 heterocycles. The fourth-order valence-electron chi connectivity index (χ4n) is 2.86. The molecule has 0 bridgehead atoms. The molecule has 0 fully saturated rings. The molecule has 0 N–H and O–H groups in total. The van der Waals surface area contributed by atoms with E-state index < -0.39 is 0 Å². The van der Waals surface area contributed by atoms with Crippen LogP contribution in [-0.4, -0.2) is 5.78 Å². The van der Waals surface area contributed by atoms with Gasteiger partial charge in [0.05, 0.1) is 0 Å². The smallest absolute Gasteiger partial charge is 0.164 e. The van der Waals surface area contributed by atoms with Crippen molar-refractivity contribution in [2.24, 2.45) is 5.92 Å². The summed E-state index contributed by atoms with van der Waals surface area (Å²) in [7, 11) is 0. The lowest BCUT2D eigenvalue weighted by molar-refractivity contribution is -0.114. The van der Waals surface area contributed by atoms with Crippen LogP contribution in [0.4, 0.5) is 0 Å². The maximum Gasteiger partial charge on any atom is 0.164 e. The fourth-order valence-corrected chi connectivity index (χ4v) is 2.86. The first-order chi connectivity index (χ1) is 10.2. The molecule has 2 rings (SSSR count). The normalized spacial score (nSPS) is 20.7. The number of allylic oxidation sites excluding steroid dienone is 4. The Morgan fingerprint density at radius 2 is 1.90 bits per heavy atom. The molecule has 1 unspecified atom stereocenters. The number of carbonyl (C=O) groups excluding carboxylic acids is 1. The Hall–Kier alpha value is -1.63. The van der Waals surface area contributed by atoms with Gasteiger partial charge in [0.15, 0.2) is 5.78 Å². The zero-order valence-electron chi connectivity index (χ0n) is 13.3. The van der Waals surface area contributed by atoms with Crippen LogP contribution < -0.4 is 0 Å². The highest BCUT2D eigenvalue weighted by Crippen LogP contribution is 2.31. The van der Waals surface area contributed by atoms with E-state index in [9.17, 15) is 4.79 Å². The van der Waals surface area contributed by atoms with E-state index in [1.54, 1.807) is 0 Å². The van der Waals surface area contributed by atoms with E-state index in [-0.39, 0.29) is 5.78 Å². The van der Waals surface area contributed by atoms with Crippen molar-refractivity contribution in [2.75, 3.05) is 0 Å². The lowest BCUT2D eigenvalue weighted by atomic mass is 9.82. The molecule has 112 valence electrons. The quantitative estimate of drug-likeness (QED) is 0.623. The lowest BCUT2D eigenvalue weighted by Gasteiger charge is -2.21. The van der Waals surface area contributed by atoms with Gasteiger partial charge in [-0.15, -0.1) is 0 Å². The molecule has 0 aliphatic heterocycles. The van der Waals surface area contributed by atoms with Gasteiger partial charge in [-0.1, -0.05) is 69.5 Å². The summed E-state index contributed by atoms with van der Waals surface area (Å²) in [4.78, 5) is 12.3. The van der Waals surface area contributed by atoms with Gasteiger partial charge in [-0.2, -0.15) is 0 Å². The molecule has 0 saturated carbocycles. The van der Waals surface area contributed by atoms with Crippen molar-refractivity contribution in [1.29, 1.82) is 0 Å². The third-order valence-electron chi connectivity index (χ3n) is 4.19. The number of Topliss-reactive ketones (excluding diaryl/α,β-unsaturated/α-hetero) is 1. The number of hydrogen-bond donors (Lipinski definition) is 0. The molecule has 21 heavy (non-hydrogen) atoms. The molecule has 1 aromatic carbocycles. The Labute approximate surface area is 128 Å². The second-order valence-electron chi connectivity index (χ2n) is 6.01. The van der Waals surface area contributed by atoms with Crippen LogP contribution in [-0.2, 0) is 4.79 Å². The van der Waals surface area contributed by atoms with Crippen molar-refractivity contribution in [2.45, 2.75) is 52.4 Å². The minimum Gasteiger partial charge on any atom is -0.294 e. The Morgan fingerprint density at radius 3 is 2.62 bits per heavy atom. The predicted octanol–water partition coefficient (Wildman–Crippen LogP) is 5.58. The predicted molar refractivity (Wildman–Crippen MR) is 90.0 cm³/mol. The van der Waals surface area contributed by atoms with Gasteiger partial charge in [-0.25, -0.2) is 0 Å². The molecular weight excluding hydrogens is 256 g/mol. The average molecular weight is 282 g/mol. The molecule has 1 aliphatic carbocycles. The monoisotopic (exact) mass is 282 g/mol. The molecule has 0 radical (unpaired) electrons.